The van der Waals surface area contributed by atoms with Gasteiger partial charge in [0.05, 0.1) is 12.2 Å². The van der Waals surface area contributed by atoms with Gasteiger partial charge < -0.3 is 13.9 Å². The minimum Gasteiger partial charge on any atom is -0.482 e. The lowest BCUT2D eigenvalue weighted by molar-refractivity contribution is -0.145. The van der Waals surface area contributed by atoms with Gasteiger partial charge in [-0.1, -0.05) is 57.2 Å². The van der Waals surface area contributed by atoms with Crippen LogP contribution < -0.4 is 4.74 Å². The summed E-state index contributed by atoms with van der Waals surface area (Å²) in [5, 5.41) is 2.77. The number of benzene rings is 3. The topological polar surface area (TPSA) is 65.7 Å². The molecule has 4 aromatic rings. The highest BCUT2D eigenvalue weighted by atomic mass is 16.6. The fourth-order valence-corrected chi connectivity index (χ4v) is 3.90. The molecule has 1 heterocycles. The molecule has 0 radical (unpaired) electrons. The summed E-state index contributed by atoms with van der Waals surface area (Å²) in [6.07, 6.45) is 0.429. The zero-order valence-electron chi connectivity index (χ0n) is 19.4. The molecular weight excluding hydrogens is 416 g/mol. The molecular formula is C28H28O5. The van der Waals surface area contributed by atoms with Crippen LogP contribution in [0.5, 0.6) is 5.75 Å². The molecule has 5 heteroatoms. The van der Waals surface area contributed by atoms with Gasteiger partial charge in [0, 0.05) is 17.4 Å². The Kier molecular flexibility index (Phi) is 6.23. The van der Waals surface area contributed by atoms with Gasteiger partial charge in [0.25, 0.3) is 0 Å². The van der Waals surface area contributed by atoms with Crippen LogP contribution in [0.2, 0.25) is 0 Å². The number of carbonyl (C=O) groups is 2. The van der Waals surface area contributed by atoms with Crippen molar-refractivity contribution < 1.29 is 23.5 Å². The first-order valence-corrected chi connectivity index (χ1v) is 11.1. The van der Waals surface area contributed by atoms with Crippen molar-refractivity contribution in [3.63, 3.8) is 0 Å². The summed E-state index contributed by atoms with van der Waals surface area (Å²) < 4.78 is 16.6. The number of ketones is 1. The monoisotopic (exact) mass is 444 g/mol. The molecule has 5 nitrogen and oxygen atoms in total. The number of ether oxygens (including phenoxy) is 2. The maximum atomic E-state index is 13.3. The van der Waals surface area contributed by atoms with E-state index in [4.69, 9.17) is 13.9 Å². The van der Waals surface area contributed by atoms with Crippen molar-refractivity contribution in [2.45, 2.75) is 34.1 Å². The van der Waals surface area contributed by atoms with E-state index in [1.165, 1.54) is 0 Å². The SMILES string of the molecule is CCOC(=O)COc1ccc2cc(-c3oc4ccccc4c3C(=O)CC(C)(C)C)ccc2c1. The largest absolute Gasteiger partial charge is 0.482 e. The van der Waals surface area contributed by atoms with Crippen LogP contribution in [0.3, 0.4) is 0 Å². The highest BCUT2D eigenvalue weighted by molar-refractivity contribution is 6.12. The third-order valence-electron chi connectivity index (χ3n) is 5.30. The quantitative estimate of drug-likeness (QED) is 0.231. The third-order valence-corrected chi connectivity index (χ3v) is 5.30. The van der Waals surface area contributed by atoms with Gasteiger partial charge in [-0.3, -0.25) is 4.79 Å². The Bertz CT molecular complexity index is 1320. The van der Waals surface area contributed by atoms with E-state index in [0.29, 0.717) is 35.7 Å². The molecule has 1 aromatic heterocycles. The molecule has 0 amide bonds. The third kappa shape index (κ3) is 5.08. The predicted molar refractivity (Wildman–Crippen MR) is 130 cm³/mol. The molecule has 0 unspecified atom stereocenters. The number of furan rings is 1. The highest BCUT2D eigenvalue weighted by Crippen LogP contribution is 2.37. The van der Waals surface area contributed by atoms with Gasteiger partial charge in [0.15, 0.2) is 12.4 Å². The molecule has 0 bridgehead atoms. The highest BCUT2D eigenvalue weighted by Gasteiger charge is 2.25. The summed E-state index contributed by atoms with van der Waals surface area (Å²) in [5.41, 5.74) is 2.05. The fourth-order valence-electron chi connectivity index (χ4n) is 3.90. The molecule has 0 aliphatic carbocycles. The summed E-state index contributed by atoms with van der Waals surface area (Å²) in [4.78, 5) is 24.8. The van der Waals surface area contributed by atoms with Gasteiger partial charge in [0.2, 0.25) is 0 Å². The van der Waals surface area contributed by atoms with Crippen molar-refractivity contribution in [3.8, 4) is 17.1 Å². The first-order chi connectivity index (χ1) is 15.7. The van der Waals surface area contributed by atoms with E-state index in [0.717, 1.165) is 21.7 Å². The van der Waals surface area contributed by atoms with Crippen molar-refractivity contribution >= 4 is 33.5 Å². The second kappa shape index (κ2) is 9.10. The van der Waals surface area contributed by atoms with E-state index in [2.05, 4.69) is 20.8 Å². The molecule has 33 heavy (non-hydrogen) atoms. The lowest BCUT2D eigenvalue weighted by atomic mass is 9.86. The standard InChI is InChI=1S/C28H28O5/c1-5-31-25(30)17-32-21-13-12-18-14-20(11-10-19(18)15-21)27-26(23(29)16-28(2,3)4)22-8-6-7-9-24(22)33-27/h6-15H,5,16-17H2,1-4H3. The predicted octanol–water partition coefficient (Wildman–Crippen LogP) is 6.81. The van der Waals surface area contributed by atoms with Gasteiger partial charge in [-0.05, 0) is 47.4 Å². The molecule has 0 fully saturated rings. The average Bonchev–Trinajstić information content (AvgIpc) is 3.16. The second-order valence-corrected chi connectivity index (χ2v) is 9.28. The number of para-hydroxylation sites is 1. The van der Waals surface area contributed by atoms with Gasteiger partial charge >= 0.3 is 5.97 Å². The molecule has 170 valence electrons. The van der Waals surface area contributed by atoms with E-state index >= 15 is 0 Å². The first kappa shape index (κ1) is 22.6. The van der Waals surface area contributed by atoms with Crippen molar-refractivity contribution in [1.82, 2.24) is 0 Å². The van der Waals surface area contributed by atoms with Gasteiger partial charge in [-0.15, -0.1) is 0 Å². The van der Waals surface area contributed by atoms with Gasteiger partial charge in [-0.2, -0.15) is 0 Å². The maximum absolute atomic E-state index is 13.3. The van der Waals surface area contributed by atoms with Crippen molar-refractivity contribution in [3.05, 3.63) is 66.2 Å². The fraction of sp³-hybridized carbons (Fsp3) is 0.286. The molecule has 0 saturated heterocycles. The number of rotatable bonds is 7. The Balaban J connectivity index is 1.70. The Morgan fingerprint density at radius 1 is 0.939 bits per heavy atom. The Morgan fingerprint density at radius 3 is 2.42 bits per heavy atom. The second-order valence-electron chi connectivity index (χ2n) is 9.28. The van der Waals surface area contributed by atoms with Gasteiger partial charge in [0.1, 0.15) is 17.1 Å². The minimum atomic E-state index is -0.398. The summed E-state index contributed by atoms with van der Waals surface area (Å²) in [6, 6.07) is 19.2. The molecule has 0 aliphatic heterocycles. The van der Waals surface area contributed by atoms with Crippen LogP contribution in [0.4, 0.5) is 0 Å². The number of hydrogen-bond donors (Lipinski definition) is 0. The van der Waals surface area contributed by atoms with Crippen LogP contribution in [0.15, 0.2) is 65.1 Å². The van der Waals surface area contributed by atoms with Crippen LogP contribution in [0.1, 0.15) is 44.5 Å². The van der Waals surface area contributed by atoms with E-state index in [1.807, 2.05) is 60.7 Å². The molecule has 0 atom stereocenters. The summed E-state index contributed by atoms with van der Waals surface area (Å²) in [6.45, 7) is 8.13. The maximum Gasteiger partial charge on any atom is 0.344 e. The normalized spacial score (nSPS) is 11.6. The van der Waals surface area contributed by atoms with E-state index in [-0.39, 0.29) is 17.8 Å². The smallest absolute Gasteiger partial charge is 0.344 e. The lowest BCUT2D eigenvalue weighted by Gasteiger charge is -2.17. The molecule has 4 rings (SSSR count). The Morgan fingerprint density at radius 2 is 1.67 bits per heavy atom. The minimum absolute atomic E-state index is 0.0743. The summed E-state index contributed by atoms with van der Waals surface area (Å²) >= 11 is 0. The first-order valence-electron chi connectivity index (χ1n) is 11.1. The van der Waals surface area contributed by atoms with Crippen LogP contribution in [-0.4, -0.2) is 25.0 Å². The molecule has 0 saturated carbocycles. The number of hydrogen-bond acceptors (Lipinski definition) is 5. The van der Waals surface area contributed by atoms with E-state index in [1.54, 1.807) is 6.92 Å². The molecule has 0 N–H and O–H groups in total. The number of Topliss-reactive ketones (excluding diaryl/α,β-unsaturated/α-hetero) is 1. The van der Waals surface area contributed by atoms with Crippen molar-refractivity contribution in [2.75, 3.05) is 13.2 Å². The zero-order valence-corrected chi connectivity index (χ0v) is 19.4. The van der Waals surface area contributed by atoms with Crippen LogP contribution >= 0.6 is 0 Å². The Hall–Kier alpha value is -3.60. The molecule has 0 spiro atoms. The number of esters is 1. The van der Waals surface area contributed by atoms with Crippen LogP contribution in [-0.2, 0) is 9.53 Å². The number of carbonyl (C=O) groups excluding carboxylic acids is 2. The summed E-state index contributed by atoms with van der Waals surface area (Å²) in [7, 11) is 0. The zero-order chi connectivity index (χ0) is 23.6. The van der Waals surface area contributed by atoms with Crippen LogP contribution in [0.25, 0.3) is 33.1 Å². The Labute approximate surface area is 193 Å². The molecule has 0 aliphatic rings. The van der Waals surface area contributed by atoms with Crippen molar-refractivity contribution in [1.29, 1.82) is 0 Å². The van der Waals surface area contributed by atoms with Crippen molar-refractivity contribution in [2.24, 2.45) is 5.41 Å². The lowest BCUT2D eigenvalue weighted by Crippen LogP contribution is -2.14. The van der Waals surface area contributed by atoms with Gasteiger partial charge in [-0.25, -0.2) is 4.79 Å². The molecule has 3 aromatic carbocycles. The number of fused-ring (bicyclic) bond motifs is 2. The average molecular weight is 445 g/mol. The summed E-state index contributed by atoms with van der Waals surface area (Å²) in [5.74, 6) is 0.860. The van der Waals surface area contributed by atoms with Crippen LogP contribution in [0, 0.1) is 5.41 Å². The van der Waals surface area contributed by atoms with E-state index in [9.17, 15) is 9.59 Å². The van der Waals surface area contributed by atoms with E-state index < -0.39 is 5.97 Å².